The molecule has 7 atom stereocenters. The Bertz CT molecular complexity index is 1380. The molecule has 0 radical (unpaired) electrons. The maximum Gasteiger partial charge on any atom is 0.326 e. The van der Waals surface area contributed by atoms with Gasteiger partial charge in [-0.15, -0.1) is 0 Å². The van der Waals surface area contributed by atoms with E-state index in [4.69, 9.17) is 17.2 Å². The van der Waals surface area contributed by atoms with E-state index in [1.807, 2.05) is 47.8 Å². The summed E-state index contributed by atoms with van der Waals surface area (Å²) in [7, 11) is 0. The minimum Gasteiger partial charge on any atom is -0.480 e. The number of hydrogen-bond donors (Lipinski definition) is 10. The molecule has 0 aromatic rings. The Morgan fingerprint density at radius 2 is 1.26 bits per heavy atom. The van der Waals surface area contributed by atoms with Crippen LogP contribution in [0.15, 0.2) is 4.99 Å². The van der Waals surface area contributed by atoms with E-state index in [0.717, 1.165) is 0 Å². The van der Waals surface area contributed by atoms with E-state index in [1.165, 1.54) is 16.7 Å². The van der Waals surface area contributed by atoms with E-state index in [0.29, 0.717) is 18.6 Å². The van der Waals surface area contributed by atoms with Crippen molar-refractivity contribution in [2.24, 2.45) is 39.9 Å². The number of aliphatic hydroxyl groups excluding tert-OH is 1. The van der Waals surface area contributed by atoms with Gasteiger partial charge in [-0.2, -0.15) is 11.8 Å². The van der Waals surface area contributed by atoms with Crippen LogP contribution in [0.5, 0.6) is 0 Å². The molecule has 13 N–H and O–H groups in total. The first-order chi connectivity index (χ1) is 26.7. The molecule has 1 rings (SSSR count). The summed E-state index contributed by atoms with van der Waals surface area (Å²) in [5.74, 6) is -4.86. The second-order valence-corrected chi connectivity index (χ2v) is 16.7. The first kappa shape index (κ1) is 50.8. The number of likely N-dealkylation sites (tertiary alicyclic amines) is 1. The number of carboxylic acid groups (broad SMARTS) is 1. The standard InChI is InChI=1S/C37H68N10O9S/c1-20(2)16-23(38)30(49)46-28(19-48)33(52)44-26(17-21(3)4)32(51)43-25(12-15-57-7)35(54)47-14-9-11-29(47)34(53)42-24(10-8-13-41-37(39)40)31(50)45-27(36(55)56)18-22(5)6/h20-29,48H,8-19,38H2,1-7H3,(H,42,53)(H,43,51)(H,44,52)(H,45,50)(H,46,49)(H,55,56)(H4,39,40,41). The summed E-state index contributed by atoms with van der Waals surface area (Å²) in [6.45, 7) is 10.7. The van der Waals surface area contributed by atoms with Crippen LogP contribution in [0.3, 0.4) is 0 Å². The molecule has 1 fully saturated rings. The van der Waals surface area contributed by atoms with Gasteiger partial charge in [-0.1, -0.05) is 41.5 Å². The number of nitrogens with one attached hydrogen (secondary N) is 5. The van der Waals surface area contributed by atoms with Crippen molar-refractivity contribution in [3.8, 4) is 0 Å². The van der Waals surface area contributed by atoms with Crippen molar-refractivity contribution in [3.63, 3.8) is 0 Å². The molecule has 0 bridgehead atoms. The van der Waals surface area contributed by atoms with Crippen LogP contribution in [-0.2, 0) is 33.6 Å². The van der Waals surface area contributed by atoms with Crippen molar-refractivity contribution >= 4 is 59.1 Å². The molecule has 1 aliphatic rings. The summed E-state index contributed by atoms with van der Waals surface area (Å²) in [4.78, 5) is 98.2. The largest absolute Gasteiger partial charge is 0.480 e. The monoisotopic (exact) mass is 828 g/mol. The molecule has 0 aliphatic carbocycles. The molecule has 57 heavy (non-hydrogen) atoms. The van der Waals surface area contributed by atoms with Crippen LogP contribution in [0.2, 0.25) is 0 Å². The molecular formula is C37H68N10O9S. The number of aliphatic imine (C=N–C) groups is 1. The van der Waals surface area contributed by atoms with E-state index in [1.54, 1.807) is 0 Å². The van der Waals surface area contributed by atoms with Crippen molar-refractivity contribution in [1.29, 1.82) is 0 Å². The Hall–Kier alpha value is -4.17. The third-order valence-electron chi connectivity index (χ3n) is 9.18. The first-order valence-corrected chi connectivity index (χ1v) is 21.1. The third kappa shape index (κ3) is 18.8. The Morgan fingerprint density at radius 1 is 0.737 bits per heavy atom. The number of nitrogens with zero attached hydrogens (tertiary/aromatic N) is 2. The quantitative estimate of drug-likeness (QED) is 0.0277. The number of hydrogen-bond acceptors (Lipinski definition) is 11. The maximum absolute atomic E-state index is 14.2. The lowest BCUT2D eigenvalue weighted by Crippen LogP contribution is -2.60. The van der Waals surface area contributed by atoms with Gasteiger partial charge in [0.05, 0.1) is 12.6 Å². The minimum atomic E-state index is -1.38. The predicted molar refractivity (Wildman–Crippen MR) is 218 cm³/mol. The highest BCUT2D eigenvalue weighted by molar-refractivity contribution is 7.98. The van der Waals surface area contributed by atoms with Gasteiger partial charge in [0, 0.05) is 13.1 Å². The summed E-state index contributed by atoms with van der Waals surface area (Å²) in [6.07, 6.45) is 3.81. The number of aliphatic hydroxyl groups is 1. The van der Waals surface area contributed by atoms with Crippen LogP contribution in [0, 0.1) is 17.8 Å². The van der Waals surface area contributed by atoms with Gasteiger partial charge >= 0.3 is 5.97 Å². The molecule has 19 nitrogen and oxygen atoms in total. The van der Waals surface area contributed by atoms with Crippen LogP contribution in [-0.4, -0.2) is 136 Å². The average Bonchev–Trinajstić information content (AvgIpc) is 3.62. The van der Waals surface area contributed by atoms with Gasteiger partial charge in [-0.25, -0.2) is 4.79 Å². The molecule has 20 heteroatoms. The van der Waals surface area contributed by atoms with Gasteiger partial charge in [-0.3, -0.25) is 33.8 Å². The number of aliphatic carboxylic acids is 1. The fourth-order valence-corrected chi connectivity index (χ4v) is 6.81. The number of carboxylic acids is 1. The molecule has 1 heterocycles. The lowest BCUT2D eigenvalue weighted by molar-refractivity contribution is -0.144. The number of carbonyl (C=O) groups is 7. The van der Waals surface area contributed by atoms with E-state index >= 15 is 0 Å². The van der Waals surface area contributed by atoms with Crippen LogP contribution < -0.4 is 43.8 Å². The number of guanidine groups is 1. The highest BCUT2D eigenvalue weighted by atomic mass is 32.2. The number of thioether (sulfide) groups is 1. The summed E-state index contributed by atoms with van der Waals surface area (Å²) >= 11 is 1.44. The lowest BCUT2D eigenvalue weighted by atomic mass is 10.0. The smallest absolute Gasteiger partial charge is 0.326 e. The molecule has 0 aromatic heterocycles. The highest BCUT2D eigenvalue weighted by Crippen LogP contribution is 2.21. The van der Waals surface area contributed by atoms with Crippen molar-refractivity contribution < 1.29 is 43.8 Å². The molecule has 1 saturated heterocycles. The van der Waals surface area contributed by atoms with E-state index < -0.39 is 90.3 Å². The van der Waals surface area contributed by atoms with Crippen LogP contribution in [0.1, 0.15) is 92.9 Å². The van der Waals surface area contributed by atoms with E-state index in [2.05, 4.69) is 31.6 Å². The van der Waals surface area contributed by atoms with Crippen LogP contribution in [0.25, 0.3) is 0 Å². The fraction of sp³-hybridized carbons (Fsp3) is 0.784. The van der Waals surface area contributed by atoms with Gasteiger partial charge in [0.25, 0.3) is 0 Å². The summed E-state index contributed by atoms with van der Waals surface area (Å²) in [6, 6.07) is -7.85. The average molecular weight is 829 g/mol. The van der Waals surface area contributed by atoms with E-state index in [9.17, 15) is 43.8 Å². The summed E-state index contributed by atoms with van der Waals surface area (Å²) < 4.78 is 0. The zero-order valence-electron chi connectivity index (χ0n) is 34.5. The number of carbonyl (C=O) groups excluding carboxylic acids is 6. The Kier molecular flexibility index (Phi) is 23.2. The van der Waals surface area contributed by atoms with Crippen molar-refractivity contribution in [2.75, 3.05) is 31.7 Å². The number of nitrogens with two attached hydrogens (primary N) is 3. The fourth-order valence-electron chi connectivity index (χ4n) is 6.34. The van der Waals surface area contributed by atoms with Gasteiger partial charge in [-0.05, 0) is 81.1 Å². The SMILES string of the molecule is CSCCC(NC(=O)C(CC(C)C)NC(=O)C(CO)NC(=O)C(N)CC(C)C)C(=O)N1CCCC1C(=O)NC(CCCN=C(N)N)C(=O)NC(CC(C)C)C(=O)O. The van der Waals surface area contributed by atoms with Crippen molar-refractivity contribution in [2.45, 2.75) is 135 Å². The normalized spacial score (nSPS) is 17.2. The van der Waals surface area contributed by atoms with Gasteiger partial charge in [0.1, 0.15) is 36.3 Å². The number of amides is 6. The Balaban J connectivity index is 3.26. The lowest BCUT2D eigenvalue weighted by Gasteiger charge is -2.31. The van der Waals surface area contributed by atoms with Crippen LogP contribution in [0.4, 0.5) is 0 Å². The number of rotatable bonds is 26. The molecule has 0 aromatic carbocycles. The molecule has 0 spiro atoms. The Labute approximate surface area is 340 Å². The van der Waals surface area contributed by atoms with Crippen molar-refractivity contribution in [3.05, 3.63) is 0 Å². The second kappa shape index (κ2) is 26.0. The molecule has 6 amide bonds. The van der Waals surface area contributed by atoms with Gasteiger partial charge in [0.2, 0.25) is 35.4 Å². The highest BCUT2D eigenvalue weighted by Gasteiger charge is 2.40. The molecular weight excluding hydrogens is 761 g/mol. The summed E-state index contributed by atoms with van der Waals surface area (Å²) in [5.41, 5.74) is 16.8. The second-order valence-electron chi connectivity index (χ2n) is 15.7. The maximum atomic E-state index is 14.2. The van der Waals surface area contributed by atoms with Gasteiger partial charge < -0.3 is 58.9 Å². The van der Waals surface area contributed by atoms with Gasteiger partial charge in [0.15, 0.2) is 5.96 Å². The molecule has 326 valence electrons. The third-order valence-corrected chi connectivity index (χ3v) is 9.83. The Morgan fingerprint density at radius 3 is 1.81 bits per heavy atom. The zero-order valence-corrected chi connectivity index (χ0v) is 35.4. The molecule has 1 aliphatic heterocycles. The summed E-state index contributed by atoms with van der Waals surface area (Å²) in [5, 5.41) is 32.7. The zero-order chi connectivity index (χ0) is 43.4. The van der Waals surface area contributed by atoms with Crippen molar-refractivity contribution in [1.82, 2.24) is 31.5 Å². The topological polar surface area (TPSA) is 314 Å². The molecule has 7 unspecified atom stereocenters. The minimum absolute atomic E-state index is 0.0418. The molecule has 0 saturated carbocycles. The van der Waals surface area contributed by atoms with Crippen LogP contribution >= 0.6 is 11.8 Å². The predicted octanol–water partition coefficient (Wildman–Crippen LogP) is -1.25. The first-order valence-electron chi connectivity index (χ1n) is 19.7. The van der Waals surface area contributed by atoms with E-state index in [-0.39, 0.29) is 75.3 Å².